The van der Waals surface area contributed by atoms with Crippen LogP contribution in [0.25, 0.3) is 0 Å². The minimum absolute atomic E-state index is 0.678. The van der Waals surface area contributed by atoms with Crippen LogP contribution in [-0.4, -0.2) is 31.7 Å². The van der Waals surface area contributed by atoms with Crippen molar-refractivity contribution in [2.45, 2.75) is 19.8 Å². The van der Waals surface area contributed by atoms with Crippen LogP contribution in [0.2, 0.25) is 0 Å². The second kappa shape index (κ2) is 5.20. The van der Waals surface area contributed by atoms with Gasteiger partial charge >= 0.3 is 0 Å². The highest BCUT2D eigenvalue weighted by Crippen LogP contribution is 2.00. The van der Waals surface area contributed by atoms with Gasteiger partial charge in [-0.1, -0.05) is 0 Å². The zero-order valence-corrected chi connectivity index (χ0v) is 9.14. The maximum Gasteiger partial charge on any atom is 0.222 e. The predicted octanol–water partition coefficient (Wildman–Crippen LogP) is 0.948. The van der Waals surface area contributed by atoms with Crippen molar-refractivity contribution in [3.63, 3.8) is 0 Å². The van der Waals surface area contributed by atoms with Gasteiger partial charge in [0.05, 0.1) is 0 Å². The summed E-state index contributed by atoms with van der Waals surface area (Å²) in [5.74, 6) is 1.59. The standard InChI is InChI=1S/C10H14N6/c1-8-4-6-12-10(15-8)11-5-2-3-9-13-7-14-16-9/h4,6-7H,2-3,5H2,1H3,(H,11,12,15)(H,13,14,16). The molecule has 0 unspecified atom stereocenters. The second-order valence-electron chi connectivity index (χ2n) is 3.48. The van der Waals surface area contributed by atoms with Gasteiger partial charge in [0, 0.05) is 24.9 Å². The Morgan fingerprint density at radius 3 is 3.06 bits per heavy atom. The lowest BCUT2D eigenvalue weighted by Gasteiger charge is -2.03. The van der Waals surface area contributed by atoms with Gasteiger partial charge in [-0.3, -0.25) is 5.10 Å². The summed E-state index contributed by atoms with van der Waals surface area (Å²) in [5, 5.41) is 9.78. The number of aromatic nitrogens is 5. The first-order chi connectivity index (χ1) is 7.84. The normalized spacial score (nSPS) is 10.3. The molecule has 0 aromatic carbocycles. The summed E-state index contributed by atoms with van der Waals surface area (Å²) in [7, 11) is 0. The summed E-state index contributed by atoms with van der Waals surface area (Å²) in [6, 6.07) is 1.87. The van der Waals surface area contributed by atoms with Crippen molar-refractivity contribution < 1.29 is 0 Å². The Balaban J connectivity index is 1.72. The number of aromatic amines is 1. The zero-order chi connectivity index (χ0) is 11.2. The molecule has 0 bridgehead atoms. The molecular weight excluding hydrogens is 204 g/mol. The maximum atomic E-state index is 4.25. The van der Waals surface area contributed by atoms with Crippen LogP contribution in [0.4, 0.5) is 5.95 Å². The van der Waals surface area contributed by atoms with E-state index in [-0.39, 0.29) is 0 Å². The molecule has 0 aliphatic rings. The van der Waals surface area contributed by atoms with Crippen LogP contribution >= 0.6 is 0 Å². The third-order valence-electron chi connectivity index (χ3n) is 2.13. The van der Waals surface area contributed by atoms with Crippen LogP contribution in [0.15, 0.2) is 18.6 Å². The van der Waals surface area contributed by atoms with Crippen molar-refractivity contribution in [1.29, 1.82) is 0 Å². The predicted molar refractivity (Wildman–Crippen MR) is 60.0 cm³/mol. The highest BCUT2D eigenvalue weighted by Gasteiger charge is 1.97. The molecule has 0 saturated heterocycles. The van der Waals surface area contributed by atoms with E-state index in [0.717, 1.165) is 30.9 Å². The molecule has 0 radical (unpaired) electrons. The van der Waals surface area contributed by atoms with E-state index >= 15 is 0 Å². The van der Waals surface area contributed by atoms with E-state index in [1.54, 1.807) is 6.20 Å². The van der Waals surface area contributed by atoms with E-state index in [1.165, 1.54) is 6.33 Å². The van der Waals surface area contributed by atoms with Gasteiger partial charge in [-0.2, -0.15) is 5.10 Å². The average molecular weight is 218 g/mol. The van der Waals surface area contributed by atoms with Crippen molar-refractivity contribution in [3.8, 4) is 0 Å². The average Bonchev–Trinajstić information content (AvgIpc) is 2.77. The molecule has 0 aliphatic carbocycles. The number of anilines is 1. The summed E-state index contributed by atoms with van der Waals surface area (Å²) in [6.07, 6.45) is 5.11. The molecule has 0 amide bonds. The summed E-state index contributed by atoms with van der Waals surface area (Å²) in [6.45, 7) is 2.77. The Bertz CT molecular complexity index is 425. The molecule has 6 nitrogen and oxygen atoms in total. The first-order valence-corrected chi connectivity index (χ1v) is 5.22. The molecule has 0 fully saturated rings. The molecule has 0 saturated carbocycles. The molecule has 2 heterocycles. The van der Waals surface area contributed by atoms with Gasteiger partial charge in [0.25, 0.3) is 0 Å². The van der Waals surface area contributed by atoms with Crippen LogP contribution in [0.5, 0.6) is 0 Å². The molecule has 84 valence electrons. The minimum Gasteiger partial charge on any atom is -0.354 e. The molecule has 2 N–H and O–H groups in total. The van der Waals surface area contributed by atoms with E-state index in [4.69, 9.17) is 0 Å². The highest BCUT2D eigenvalue weighted by molar-refractivity contribution is 5.24. The van der Waals surface area contributed by atoms with Crippen LogP contribution in [0.3, 0.4) is 0 Å². The topological polar surface area (TPSA) is 79.4 Å². The molecule has 2 aromatic heterocycles. The van der Waals surface area contributed by atoms with Gasteiger partial charge in [-0.15, -0.1) is 0 Å². The Hall–Kier alpha value is -1.98. The number of H-pyrrole nitrogens is 1. The lowest BCUT2D eigenvalue weighted by Crippen LogP contribution is -2.07. The summed E-state index contributed by atoms with van der Waals surface area (Å²) >= 11 is 0. The summed E-state index contributed by atoms with van der Waals surface area (Å²) < 4.78 is 0. The van der Waals surface area contributed by atoms with Gasteiger partial charge in [0.15, 0.2) is 0 Å². The van der Waals surface area contributed by atoms with Gasteiger partial charge in [-0.05, 0) is 19.4 Å². The number of hydrogen-bond donors (Lipinski definition) is 2. The molecule has 2 rings (SSSR count). The van der Waals surface area contributed by atoms with Crippen molar-refractivity contribution >= 4 is 5.95 Å². The van der Waals surface area contributed by atoms with Crippen LogP contribution in [0.1, 0.15) is 17.9 Å². The van der Waals surface area contributed by atoms with E-state index in [9.17, 15) is 0 Å². The quantitative estimate of drug-likeness (QED) is 0.730. The van der Waals surface area contributed by atoms with Crippen molar-refractivity contribution in [2.24, 2.45) is 0 Å². The van der Waals surface area contributed by atoms with Crippen molar-refractivity contribution in [3.05, 3.63) is 30.1 Å². The SMILES string of the molecule is Cc1ccnc(NCCCc2ncn[nH]2)n1. The van der Waals surface area contributed by atoms with Gasteiger partial charge < -0.3 is 5.32 Å². The van der Waals surface area contributed by atoms with E-state index in [0.29, 0.717) is 5.95 Å². The first-order valence-electron chi connectivity index (χ1n) is 5.22. The Morgan fingerprint density at radius 2 is 2.31 bits per heavy atom. The van der Waals surface area contributed by atoms with E-state index in [1.807, 2.05) is 13.0 Å². The van der Waals surface area contributed by atoms with E-state index < -0.39 is 0 Å². The smallest absolute Gasteiger partial charge is 0.222 e. The maximum absolute atomic E-state index is 4.25. The third-order valence-corrected chi connectivity index (χ3v) is 2.13. The number of rotatable bonds is 5. The lowest BCUT2D eigenvalue weighted by atomic mass is 10.3. The largest absolute Gasteiger partial charge is 0.354 e. The Labute approximate surface area is 93.6 Å². The van der Waals surface area contributed by atoms with Crippen LogP contribution in [0, 0.1) is 6.92 Å². The summed E-state index contributed by atoms with van der Waals surface area (Å²) in [4.78, 5) is 12.4. The monoisotopic (exact) mass is 218 g/mol. The lowest BCUT2D eigenvalue weighted by molar-refractivity contribution is 0.799. The molecule has 6 heteroatoms. The summed E-state index contributed by atoms with van der Waals surface area (Å²) in [5.41, 5.74) is 0.965. The molecule has 2 aromatic rings. The van der Waals surface area contributed by atoms with Gasteiger partial charge in [0.2, 0.25) is 5.95 Å². The Morgan fingerprint density at radius 1 is 1.38 bits per heavy atom. The molecule has 0 aliphatic heterocycles. The number of hydrogen-bond acceptors (Lipinski definition) is 5. The van der Waals surface area contributed by atoms with E-state index in [2.05, 4.69) is 30.5 Å². The third kappa shape index (κ3) is 3.01. The number of aryl methyl sites for hydroxylation is 2. The molecule has 0 atom stereocenters. The molecule has 16 heavy (non-hydrogen) atoms. The van der Waals surface area contributed by atoms with Gasteiger partial charge in [0.1, 0.15) is 12.2 Å². The number of nitrogens with one attached hydrogen (secondary N) is 2. The zero-order valence-electron chi connectivity index (χ0n) is 9.14. The first kappa shape index (κ1) is 10.5. The van der Waals surface area contributed by atoms with Gasteiger partial charge in [-0.25, -0.2) is 15.0 Å². The fourth-order valence-corrected chi connectivity index (χ4v) is 1.34. The Kier molecular flexibility index (Phi) is 3.42. The fraction of sp³-hybridized carbons (Fsp3) is 0.400. The van der Waals surface area contributed by atoms with Crippen molar-refractivity contribution in [1.82, 2.24) is 25.1 Å². The minimum atomic E-state index is 0.678. The van der Waals surface area contributed by atoms with Crippen LogP contribution in [-0.2, 0) is 6.42 Å². The highest BCUT2D eigenvalue weighted by atomic mass is 15.2. The van der Waals surface area contributed by atoms with Crippen LogP contribution < -0.4 is 5.32 Å². The second-order valence-corrected chi connectivity index (χ2v) is 3.48. The van der Waals surface area contributed by atoms with Crippen molar-refractivity contribution in [2.75, 3.05) is 11.9 Å². The molecular formula is C10H14N6. The number of nitrogens with zero attached hydrogens (tertiary/aromatic N) is 4. The fourth-order valence-electron chi connectivity index (χ4n) is 1.34. The molecule has 0 spiro atoms.